The van der Waals surface area contributed by atoms with Crippen LogP contribution in [0.15, 0.2) is 34.6 Å². The lowest BCUT2D eigenvalue weighted by Gasteiger charge is -2.14. The van der Waals surface area contributed by atoms with Crippen molar-refractivity contribution in [1.29, 1.82) is 0 Å². The average molecular weight is 368 g/mol. The number of nitrogens with one attached hydrogen (secondary N) is 2. The highest BCUT2D eigenvalue weighted by Crippen LogP contribution is 2.19. The summed E-state index contributed by atoms with van der Waals surface area (Å²) in [6.45, 7) is 0.258. The van der Waals surface area contributed by atoms with E-state index in [0.717, 1.165) is 23.5 Å². The number of aryl methyl sites for hydroxylation is 1. The largest absolute Gasteiger partial charge is 0.434 e. The number of aromatic nitrogens is 1. The first kappa shape index (κ1) is 19.1. The van der Waals surface area contributed by atoms with Gasteiger partial charge in [-0.3, -0.25) is 4.99 Å². The molecule has 8 heteroatoms. The lowest BCUT2D eigenvalue weighted by molar-refractivity contribution is -0.0504. The van der Waals surface area contributed by atoms with E-state index in [1.165, 1.54) is 6.07 Å². The molecule has 5 nitrogen and oxygen atoms in total. The summed E-state index contributed by atoms with van der Waals surface area (Å²) in [5.41, 5.74) is 1.69. The van der Waals surface area contributed by atoms with Crippen LogP contribution in [0.1, 0.15) is 23.2 Å². The summed E-state index contributed by atoms with van der Waals surface area (Å²) in [7, 11) is 1.66. The van der Waals surface area contributed by atoms with Crippen LogP contribution in [0.25, 0.3) is 0 Å². The second-order valence-corrected chi connectivity index (χ2v) is 6.12. The van der Waals surface area contributed by atoms with Gasteiger partial charge in [0.1, 0.15) is 5.75 Å². The number of hydrogen-bond acceptors (Lipinski definition) is 4. The number of halogens is 2. The van der Waals surface area contributed by atoms with Crippen molar-refractivity contribution in [3.8, 4) is 5.75 Å². The first-order valence-electron chi connectivity index (χ1n) is 8.03. The molecule has 0 unspecified atom stereocenters. The van der Waals surface area contributed by atoms with Crippen LogP contribution in [0.3, 0.4) is 0 Å². The van der Waals surface area contributed by atoms with Gasteiger partial charge in [-0.1, -0.05) is 25.1 Å². The molecule has 0 fully saturated rings. The minimum Gasteiger partial charge on any atom is -0.434 e. The molecule has 0 atom stereocenters. The minimum absolute atomic E-state index is 0.162. The molecule has 0 aliphatic carbocycles. The van der Waals surface area contributed by atoms with Gasteiger partial charge >= 0.3 is 6.61 Å². The van der Waals surface area contributed by atoms with E-state index in [0.29, 0.717) is 24.6 Å². The summed E-state index contributed by atoms with van der Waals surface area (Å²) in [5.74, 6) is 0.757. The molecule has 1 heterocycles. The van der Waals surface area contributed by atoms with E-state index >= 15 is 0 Å². The van der Waals surface area contributed by atoms with Crippen molar-refractivity contribution >= 4 is 17.3 Å². The van der Waals surface area contributed by atoms with E-state index in [9.17, 15) is 8.78 Å². The minimum atomic E-state index is -2.84. The third-order valence-corrected chi connectivity index (χ3v) is 4.48. The Morgan fingerprint density at radius 1 is 1.32 bits per heavy atom. The van der Waals surface area contributed by atoms with Gasteiger partial charge in [-0.15, -0.1) is 11.3 Å². The zero-order valence-electron chi connectivity index (χ0n) is 14.3. The highest BCUT2D eigenvalue weighted by molar-refractivity contribution is 7.09. The summed E-state index contributed by atoms with van der Waals surface area (Å²) in [4.78, 5) is 8.65. The van der Waals surface area contributed by atoms with Crippen LogP contribution in [0.5, 0.6) is 5.75 Å². The topological polar surface area (TPSA) is 58.5 Å². The van der Waals surface area contributed by atoms with Crippen molar-refractivity contribution in [3.05, 3.63) is 45.9 Å². The summed E-state index contributed by atoms with van der Waals surface area (Å²) in [6.07, 6.45) is 1.74. The molecule has 2 N–H and O–H groups in total. The molecule has 0 amide bonds. The summed E-state index contributed by atoms with van der Waals surface area (Å²) in [5, 5.41) is 9.49. The van der Waals surface area contributed by atoms with Gasteiger partial charge in [-0.25, -0.2) is 4.98 Å². The van der Waals surface area contributed by atoms with E-state index in [-0.39, 0.29) is 5.75 Å². The fraction of sp³-hybridized carbons (Fsp3) is 0.412. The molecule has 0 saturated carbocycles. The third kappa shape index (κ3) is 6.30. The van der Waals surface area contributed by atoms with E-state index in [1.807, 2.05) is 0 Å². The molecule has 0 aliphatic heterocycles. The smallest absolute Gasteiger partial charge is 0.387 e. The zero-order chi connectivity index (χ0) is 18.1. The summed E-state index contributed by atoms with van der Waals surface area (Å²) >= 11 is 1.67. The number of rotatable bonds is 8. The molecule has 25 heavy (non-hydrogen) atoms. The monoisotopic (exact) mass is 368 g/mol. The predicted molar refractivity (Wildman–Crippen MR) is 96.5 cm³/mol. The predicted octanol–water partition coefficient (Wildman–Crippen LogP) is 3.21. The van der Waals surface area contributed by atoms with Crippen molar-refractivity contribution in [2.45, 2.75) is 32.9 Å². The summed E-state index contributed by atoms with van der Waals surface area (Å²) in [6, 6.07) is 6.69. The number of ether oxygens (including phenoxy) is 1. The van der Waals surface area contributed by atoms with Gasteiger partial charge in [0.25, 0.3) is 0 Å². The van der Waals surface area contributed by atoms with Gasteiger partial charge < -0.3 is 15.4 Å². The Bertz CT molecular complexity index is 691. The van der Waals surface area contributed by atoms with Crippen LogP contribution in [-0.2, 0) is 19.4 Å². The summed E-state index contributed by atoms with van der Waals surface area (Å²) < 4.78 is 29.4. The van der Waals surface area contributed by atoms with E-state index in [2.05, 4.69) is 37.7 Å². The Kier molecular flexibility index (Phi) is 7.59. The number of alkyl halides is 2. The van der Waals surface area contributed by atoms with Gasteiger partial charge in [-0.05, 0) is 12.5 Å². The molecule has 0 spiro atoms. The lowest BCUT2D eigenvalue weighted by Crippen LogP contribution is -2.38. The normalized spacial score (nSPS) is 11.6. The second kappa shape index (κ2) is 9.93. The van der Waals surface area contributed by atoms with Crippen molar-refractivity contribution in [3.63, 3.8) is 0 Å². The second-order valence-electron chi connectivity index (χ2n) is 5.17. The van der Waals surface area contributed by atoms with Gasteiger partial charge in [0.2, 0.25) is 0 Å². The Morgan fingerprint density at radius 3 is 2.80 bits per heavy atom. The molecule has 1 aromatic heterocycles. The van der Waals surface area contributed by atoms with Crippen molar-refractivity contribution < 1.29 is 13.5 Å². The molecule has 0 saturated heterocycles. The third-order valence-electron chi connectivity index (χ3n) is 3.43. The van der Waals surface area contributed by atoms with E-state index < -0.39 is 6.61 Å². The Balaban J connectivity index is 1.82. The molecule has 0 aliphatic rings. The van der Waals surface area contributed by atoms with Gasteiger partial charge in [0.15, 0.2) is 5.96 Å². The molecule has 2 rings (SSSR count). The lowest BCUT2D eigenvalue weighted by atomic mass is 10.2. The zero-order valence-corrected chi connectivity index (χ0v) is 15.1. The Labute approximate surface area is 150 Å². The molecule has 136 valence electrons. The number of hydrogen-bond donors (Lipinski definition) is 2. The first-order valence-corrected chi connectivity index (χ1v) is 8.90. The van der Waals surface area contributed by atoms with Crippen molar-refractivity contribution in [1.82, 2.24) is 15.6 Å². The average Bonchev–Trinajstić information content (AvgIpc) is 3.06. The highest BCUT2D eigenvalue weighted by Gasteiger charge is 2.09. The van der Waals surface area contributed by atoms with Gasteiger partial charge in [-0.2, -0.15) is 8.78 Å². The van der Waals surface area contributed by atoms with Gasteiger partial charge in [0.05, 0.1) is 10.7 Å². The van der Waals surface area contributed by atoms with E-state index in [4.69, 9.17) is 0 Å². The highest BCUT2D eigenvalue weighted by atomic mass is 32.1. The molecule has 1 aromatic carbocycles. The Morgan fingerprint density at radius 2 is 2.12 bits per heavy atom. The molecular weight excluding hydrogens is 346 g/mol. The fourth-order valence-corrected chi connectivity index (χ4v) is 2.97. The van der Waals surface area contributed by atoms with E-state index in [1.54, 1.807) is 36.6 Å². The number of aliphatic imine (C=N–C) groups is 1. The fourth-order valence-electron chi connectivity index (χ4n) is 2.20. The maximum absolute atomic E-state index is 12.4. The standard InChI is InChI=1S/C17H22F2N4OS/c1-3-15-23-13(11-25-15)8-9-21-17(20-2)22-10-12-6-4-5-7-14(12)24-16(18)19/h4-7,11,16H,3,8-10H2,1-2H3,(H2,20,21,22). The van der Waals surface area contributed by atoms with Crippen LogP contribution in [0.4, 0.5) is 8.78 Å². The number of nitrogens with zero attached hydrogens (tertiary/aromatic N) is 2. The molecule has 0 radical (unpaired) electrons. The van der Waals surface area contributed by atoms with Crippen LogP contribution in [0, 0.1) is 0 Å². The first-order chi connectivity index (χ1) is 12.1. The molecule has 2 aromatic rings. The van der Waals surface area contributed by atoms with Crippen LogP contribution >= 0.6 is 11.3 Å². The number of benzene rings is 1. The molecule has 0 bridgehead atoms. The number of thiazole rings is 1. The molecular formula is C17H22F2N4OS. The maximum Gasteiger partial charge on any atom is 0.387 e. The van der Waals surface area contributed by atoms with Gasteiger partial charge in [0, 0.05) is 37.5 Å². The number of guanidine groups is 1. The Hall–Kier alpha value is -2.22. The van der Waals surface area contributed by atoms with Crippen LogP contribution < -0.4 is 15.4 Å². The van der Waals surface area contributed by atoms with Crippen LogP contribution in [-0.4, -0.2) is 31.1 Å². The quantitative estimate of drug-likeness (QED) is 0.555. The number of para-hydroxylation sites is 1. The van der Waals surface area contributed by atoms with Crippen molar-refractivity contribution in [2.75, 3.05) is 13.6 Å². The maximum atomic E-state index is 12.4. The van der Waals surface area contributed by atoms with Crippen LogP contribution in [0.2, 0.25) is 0 Å². The SMILES string of the molecule is CCc1nc(CCNC(=NC)NCc2ccccc2OC(F)F)cs1. The van der Waals surface area contributed by atoms with Crippen molar-refractivity contribution in [2.24, 2.45) is 4.99 Å².